The number of ether oxygens (including phenoxy) is 1. The number of esters is 1. The average Bonchev–Trinajstić information content (AvgIpc) is 2.68. The van der Waals surface area contributed by atoms with Crippen molar-refractivity contribution in [3.05, 3.63) is 35.9 Å². The number of carbonyl (C=O) groups is 1. The lowest BCUT2D eigenvalue weighted by Crippen LogP contribution is -2.45. The van der Waals surface area contributed by atoms with Crippen LogP contribution in [0.5, 0.6) is 0 Å². The van der Waals surface area contributed by atoms with Crippen molar-refractivity contribution in [1.82, 2.24) is 4.90 Å². The SMILES string of the molecule is CN1[C@@H]2CC(O)[C@H]1C[C@@H](OC(=O)[C@@H](CO)c1ccccc1)C2. The molecule has 5 heteroatoms. The molecule has 3 rings (SSSR count). The summed E-state index contributed by atoms with van der Waals surface area (Å²) in [5, 5.41) is 19.6. The van der Waals surface area contributed by atoms with E-state index in [1.807, 2.05) is 37.4 Å². The fourth-order valence-corrected chi connectivity index (χ4v) is 3.74. The van der Waals surface area contributed by atoms with Gasteiger partial charge in [0.2, 0.25) is 0 Å². The highest BCUT2D eigenvalue weighted by molar-refractivity contribution is 5.78. The topological polar surface area (TPSA) is 70.0 Å². The fourth-order valence-electron chi connectivity index (χ4n) is 3.74. The summed E-state index contributed by atoms with van der Waals surface area (Å²) in [5.41, 5.74) is 0.769. The lowest BCUT2D eigenvalue weighted by molar-refractivity contribution is -0.155. The zero-order valence-electron chi connectivity index (χ0n) is 12.8. The van der Waals surface area contributed by atoms with E-state index in [0.29, 0.717) is 6.42 Å². The molecule has 2 aliphatic rings. The smallest absolute Gasteiger partial charge is 0.316 e. The third-order valence-electron chi connectivity index (χ3n) is 5.05. The first-order valence-corrected chi connectivity index (χ1v) is 7.86. The van der Waals surface area contributed by atoms with Crippen LogP contribution in [0.4, 0.5) is 0 Å². The number of hydrogen-bond acceptors (Lipinski definition) is 5. The molecule has 5 atom stereocenters. The summed E-state index contributed by atoms with van der Waals surface area (Å²) >= 11 is 0. The Morgan fingerprint density at radius 3 is 2.68 bits per heavy atom. The zero-order valence-corrected chi connectivity index (χ0v) is 12.8. The molecule has 120 valence electrons. The van der Waals surface area contributed by atoms with Gasteiger partial charge >= 0.3 is 5.97 Å². The molecule has 0 aromatic heterocycles. The summed E-state index contributed by atoms with van der Waals surface area (Å²) in [7, 11) is 2.02. The number of aliphatic hydroxyl groups is 2. The van der Waals surface area contributed by atoms with Crippen molar-refractivity contribution in [3.8, 4) is 0 Å². The second kappa shape index (κ2) is 6.36. The normalized spacial score (nSPS) is 32.7. The predicted molar refractivity (Wildman–Crippen MR) is 81.3 cm³/mol. The van der Waals surface area contributed by atoms with Gasteiger partial charge < -0.3 is 14.9 Å². The van der Waals surface area contributed by atoms with Gasteiger partial charge in [-0.25, -0.2) is 0 Å². The van der Waals surface area contributed by atoms with E-state index >= 15 is 0 Å². The summed E-state index contributed by atoms with van der Waals surface area (Å²) < 4.78 is 5.64. The third kappa shape index (κ3) is 2.89. The van der Waals surface area contributed by atoms with Crippen molar-refractivity contribution in [2.75, 3.05) is 13.7 Å². The number of carbonyl (C=O) groups excluding carboxylic acids is 1. The van der Waals surface area contributed by atoms with E-state index in [2.05, 4.69) is 4.90 Å². The van der Waals surface area contributed by atoms with E-state index < -0.39 is 5.92 Å². The predicted octanol–water partition coefficient (Wildman–Crippen LogP) is 0.902. The van der Waals surface area contributed by atoms with Crippen LogP contribution in [0, 0.1) is 0 Å². The molecular formula is C17H23NO4. The first-order chi connectivity index (χ1) is 10.6. The Hall–Kier alpha value is -1.43. The molecule has 2 heterocycles. The van der Waals surface area contributed by atoms with E-state index in [1.54, 1.807) is 0 Å². The Kier molecular flexibility index (Phi) is 4.47. The molecule has 2 saturated heterocycles. The molecule has 22 heavy (non-hydrogen) atoms. The summed E-state index contributed by atoms with van der Waals surface area (Å²) in [5.74, 6) is -1.01. The van der Waals surface area contributed by atoms with E-state index in [-0.39, 0.29) is 36.9 Å². The molecule has 2 bridgehead atoms. The highest BCUT2D eigenvalue weighted by Crippen LogP contribution is 2.36. The Balaban J connectivity index is 1.65. The molecular weight excluding hydrogens is 282 g/mol. The molecule has 2 aliphatic heterocycles. The minimum Gasteiger partial charge on any atom is -0.462 e. The molecule has 0 aliphatic carbocycles. The summed E-state index contributed by atoms with van der Waals surface area (Å²) in [4.78, 5) is 14.6. The van der Waals surface area contributed by atoms with Crippen LogP contribution in [-0.4, -0.2) is 59.0 Å². The van der Waals surface area contributed by atoms with Gasteiger partial charge in [-0.1, -0.05) is 30.3 Å². The van der Waals surface area contributed by atoms with Crippen LogP contribution in [-0.2, 0) is 9.53 Å². The molecule has 2 fully saturated rings. The van der Waals surface area contributed by atoms with Crippen molar-refractivity contribution in [2.45, 2.75) is 49.5 Å². The Morgan fingerprint density at radius 2 is 2.05 bits per heavy atom. The standard InChI is InChI=1S/C17H23NO4/c1-18-12-7-13(9-15(18)16(20)8-12)22-17(21)14(10-19)11-5-3-2-4-6-11/h2-6,12-16,19-20H,7-10H2,1H3/t12-,13-,14-,15+,16?/m0/s1. The van der Waals surface area contributed by atoms with Crippen molar-refractivity contribution < 1.29 is 19.7 Å². The van der Waals surface area contributed by atoms with Crippen molar-refractivity contribution in [1.29, 1.82) is 0 Å². The second-order valence-electron chi connectivity index (χ2n) is 6.37. The van der Waals surface area contributed by atoms with Crippen LogP contribution in [0.1, 0.15) is 30.7 Å². The van der Waals surface area contributed by atoms with E-state index in [0.717, 1.165) is 18.4 Å². The number of nitrogens with zero attached hydrogens (tertiary/aromatic N) is 1. The van der Waals surface area contributed by atoms with E-state index in [1.165, 1.54) is 0 Å². The molecule has 1 aromatic carbocycles. The number of benzene rings is 1. The molecule has 2 N–H and O–H groups in total. The van der Waals surface area contributed by atoms with Crippen molar-refractivity contribution in [3.63, 3.8) is 0 Å². The molecule has 5 nitrogen and oxygen atoms in total. The zero-order chi connectivity index (χ0) is 15.7. The number of rotatable bonds is 4. The Bertz CT molecular complexity index is 521. The molecule has 1 unspecified atom stereocenters. The summed E-state index contributed by atoms with van der Waals surface area (Å²) in [6, 6.07) is 9.56. The lowest BCUT2D eigenvalue weighted by Gasteiger charge is -2.36. The first-order valence-electron chi connectivity index (χ1n) is 7.86. The highest BCUT2D eigenvalue weighted by atomic mass is 16.5. The van der Waals surface area contributed by atoms with Crippen LogP contribution in [0.25, 0.3) is 0 Å². The fraction of sp³-hybridized carbons (Fsp3) is 0.588. The maximum absolute atomic E-state index is 12.4. The van der Waals surface area contributed by atoms with Gasteiger partial charge in [0.25, 0.3) is 0 Å². The molecule has 0 amide bonds. The van der Waals surface area contributed by atoms with Gasteiger partial charge in [-0.05, 0) is 19.0 Å². The third-order valence-corrected chi connectivity index (χ3v) is 5.05. The highest BCUT2D eigenvalue weighted by Gasteiger charge is 2.45. The quantitative estimate of drug-likeness (QED) is 0.809. The van der Waals surface area contributed by atoms with Crippen LogP contribution in [0.3, 0.4) is 0 Å². The summed E-state index contributed by atoms with van der Waals surface area (Å²) in [6.07, 6.45) is 1.66. The first kappa shape index (κ1) is 15.5. The number of fused-ring (bicyclic) bond motifs is 2. The van der Waals surface area contributed by atoms with Gasteiger partial charge in [0.05, 0.1) is 12.7 Å². The van der Waals surface area contributed by atoms with Crippen LogP contribution in [0.15, 0.2) is 30.3 Å². The number of piperidine rings is 1. The molecule has 0 radical (unpaired) electrons. The van der Waals surface area contributed by atoms with Gasteiger partial charge in [0.1, 0.15) is 12.0 Å². The largest absolute Gasteiger partial charge is 0.462 e. The molecule has 0 spiro atoms. The van der Waals surface area contributed by atoms with Gasteiger partial charge in [-0.15, -0.1) is 0 Å². The average molecular weight is 305 g/mol. The maximum Gasteiger partial charge on any atom is 0.316 e. The van der Waals surface area contributed by atoms with Crippen molar-refractivity contribution in [2.24, 2.45) is 0 Å². The van der Waals surface area contributed by atoms with Gasteiger partial charge in [0, 0.05) is 24.9 Å². The Labute approximate surface area is 130 Å². The number of aliphatic hydroxyl groups excluding tert-OH is 2. The summed E-state index contributed by atoms with van der Waals surface area (Å²) in [6.45, 7) is -0.259. The number of hydrogen-bond donors (Lipinski definition) is 2. The van der Waals surface area contributed by atoms with Gasteiger partial charge in [0.15, 0.2) is 0 Å². The van der Waals surface area contributed by atoms with Crippen LogP contribution < -0.4 is 0 Å². The van der Waals surface area contributed by atoms with Gasteiger partial charge in [-0.3, -0.25) is 9.69 Å². The molecule has 0 saturated carbocycles. The maximum atomic E-state index is 12.4. The second-order valence-corrected chi connectivity index (χ2v) is 6.37. The van der Waals surface area contributed by atoms with Crippen LogP contribution >= 0.6 is 0 Å². The minimum atomic E-state index is -0.636. The van der Waals surface area contributed by atoms with Gasteiger partial charge in [-0.2, -0.15) is 0 Å². The van der Waals surface area contributed by atoms with Crippen LogP contribution in [0.2, 0.25) is 0 Å². The lowest BCUT2D eigenvalue weighted by atomic mass is 9.98. The number of likely N-dealkylation sites (N-methyl/N-ethyl adjacent to an activating group) is 1. The van der Waals surface area contributed by atoms with E-state index in [9.17, 15) is 15.0 Å². The molecule has 1 aromatic rings. The minimum absolute atomic E-state index is 0.0702. The van der Waals surface area contributed by atoms with Crippen molar-refractivity contribution >= 4 is 5.97 Å². The Morgan fingerprint density at radius 1 is 1.32 bits per heavy atom. The van der Waals surface area contributed by atoms with E-state index in [4.69, 9.17) is 4.74 Å². The monoisotopic (exact) mass is 305 g/mol.